The summed E-state index contributed by atoms with van der Waals surface area (Å²) in [5.74, 6) is 0. The lowest BCUT2D eigenvalue weighted by Gasteiger charge is -2.00. The van der Waals surface area contributed by atoms with Gasteiger partial charge in [0.25, 0.3) is 0 Å². The molecule has 0 fully saturated rings. The Morgan fingerprint density at radius 3 is 2.36 bits per heavy atom. The van der Waals surface area contributed by atoms with E-state index in [1.807, 2.05) is 12.3 Å². The molecule has 2 aromatic heterocycles. The van der Waals surface area contributed by atoms with E-state index < -0.39 is 9.84 Å². The first kappa shape index (κ1) is 15.3. The van der Waals surface area contributed by atoms with Crippen molar-refractivity contribution in [2.75, 3.05) is 6.26 Å². The van der Waals surface area contributed by atoms with Crippen molar-refractivity contribution in [1.82, 2.24) is 9.97 Å². The molecule has 0 spiro atoms. The summed E-state index contributed by atoms with van der Waals surface area (Å²) in [5, 5.41) is 6.11. The topological polar surface area (TPSA) is 59.9 Å². The van der Waals surface area contributed by atoms with Gasteiger partial charge in [-0.2, -0.15) is 0 Å². The average molecular weight is 350 g/mol. The molecule has 2 heterocycles. The van der Waals surface area contributed by atoms with Crippen LogP contribution in [-0.2, 0) is 16.3 Å². The van der Waals surface area contributed by atoms with Gasteiger partial charge in [-0.15, -0.1) is 22.7 Å². The normalized spacial score (nSPS) is 11.7. The van der Waals surface area contributed by atoms with Crippen molar-refractivity contribution in [3.05, 3.63) is 50.7 Å². The molecular formula is C15H14N2O2S3. The van der Waals surface area contributed by atoms with Gasteiger partial charge in [-0.1, -0.05) is 12.1 Å². The molecule has 0 radical (unpaired) electrons. The van der Waals surface area contributed by atoms with Crippen LogP contribution in [0.15, 0.2) is 39.9 Å². The lowest BCUT2D eigenvalue weighted by atomic mass is 10.2. The van der Waals surface area contributed by atoms with Crippen LogP contribution in [0.4, 0.5) is 0 Å². The van der Waals surface area contributed by atoms with Crippen LogP contribution < -0.4 is 0 Å². The zero-order chi connectivity index (χ0) is 15.7. The quantitative estimate of drug-likeness (QED) is 0.722. The maximum absolute atomic E-state index is 11.5. The fourth-order valence-electron chi connectivity index (χ4n) is 2.04. The van der Waals surface area contributed by atoms with Gasteiger partial charge in [0.05, 0.1) is 26.3 Å². The Morgan fingerprint density at radius 2 is 1.77 bits per heavy atom. The van der Waals surface area contributed by atoms with Gasteiger partial charge < -0.3 is 0 Å². The molecule has 0 amide bonds. The third-order valence-electron chi connectivity index (χ3n) is 3.13. The number of rotatable bonds is 4. The monoisotopic (exact) mass is 350 g/mol. The minimum atomic E-state index is -3.16. The standard InChI is InChI=1S/C15H14N2O2S3/c1-10-16-12(8-20-10)7-15-17-14(9-21-15)11-3-5-13(6-4-11)22(2,18)19/h3-6,8-9H,7H2,1-2H3. The predicted octanol–water partition coefficient (Wildman–Crippen LogP) is 3.57. The summed E-state index contributed by atoms with van der Waals surface area (Å²) in [6, 6.07) is 6.82. The van der Waals surface area contributed by atoms with Gasteiger partial charge in [-0.25, -0.2) is 18.4 Å². The second-order valence-corrected chi connectivity index (χ2v) is 8.98. The Morgan fingerprint density at radius 1 is 1.05 bits per heavy atom. The molecule has 0 bridgehead atoms. The molecule has 22 heavy (non-hydrogen) atoms. The number of benzene rings is 1. The smallest absolute Gasteiger partial charge is 0.175 e. The molecule has 0 aliphatic carbocycles. The minimum absolute atomic E-state index is 0.324. The van der Waals surface area contributed by atoms with Gasteiger partial charge in [-0.3, -0.25) is 0 Å². The predicted molar refractivity (Wildman–Crippen MR) is 90.3 cm³/mol. The first-order valence-electron chi connectivity index (χ1n) is 6.58. The van der Waals surface area contributed by atoms with Crippen molar-refractivity contribution in [2.45, 2.75) is 18.2 Å². The summed E-state index contributed by atoms with van der Waals surface area (Å²) in [6.45, 7) is 1.99. The van der Waals surface area contributed by atoms with Crippen LogP contribution >= 0.6 is 22.7 Å². The lowest BCUT2D eigenvalue weighted by molar-refractivity contribution is 0.602. The van der Waals surface area contributed by atoms with Crippen LogP contribution in [0.5, 0.6) is 0 Å². The van der Waals surface area contributed by atoms with Crippen molar-refractivity contribution in [1.29, 1.82) is 0 Å². The third-order valence-corrected chi connectivity index (χ3v) is 5.93. The maximum Gasteiger partial charge on any atom is 0.175 e. The molecule has 0 saturated carbocycles. The van der Waals surface area contributed by atoms with Crippen molar-refractivity contribution in [3.63, 3.8) is 0 Å². The van der Waals surface area contributed by atoms with E-state index in [0.29, 0.717) is 4.90 Å². The number of nitrogens with zero attached hydrogens (tertiary/aromatic N) is 2. The van der Waals surface area contributed by atoms with Crippen LogP contribution in [0.1, 0.15) is 15.7 Å². The van der Waals surface area contributed by atoms with E-state index in [0.717, 1.165) is 33.4 Å². The van der Waals surface area contributed by atoms with Gasteiger partial charge in [0, 0.05) is 29.0 Å². The summed E-state index contributed by atoms with van der Waals surface area (Å²) in [6.07, 6.45) is 1.94. The lowest BCUT2D eigenvalue weighted by Crippen LogP contribution is -1.96. The number of aryl methyl sites for hydroxylation is 1. The number of thiazole rings is 2. The fraction of sp³-hybridized carbons (Fsp3) is 0.200. The molecule has 3 aromatic rings. The second kappa shape index (κ2) is 5.91. The van der Waals surface area contributed by atoms with Crippen LogP contribution in [0.3, 0.4) is 0 Å². The van der Waals surface area contributed by atoms with Crippen LogP contribution in [-0.4, -0.2) is 24.6 Å². The first-order valence-corrected chi connectivity index (χ1v) is 10.2. The van der Waals surface area contributed by atoms with E-state index in [1.54, 1.807) is 46.9 Å². The molecule has 0 aliphatic rings. The average Bonchev–Trinajstić information content (AvgIpc) is 3.08. The van der Waals surface area contributed by atoms with Gasteiger partial charge in [-0.05, 0) is 19.1 Å². The highest BCUT2D eigenvalue weighted by Crippen LogP contribution is 2.25. The zero-order valence-corrected chi connectivity index (χ0v) is 14.6. The summed E-state index contributed by atoms with van der Waals surface area (Å²) in [5.41, 5.74) is 2.83. The van der Waals surface area contributed by atoms with E-state index in [-0.39, 0.29) is 0 Å². The Hall–Kier alpha value is -1.57. The molecule has 0 unspecified atom stereocenters. The molecule has 0 saturated heterocycles. The van der Waals surface area contributed by atoms with Gasteiger partial charge in [0.2, 0.25) is 0 Å². The molecular weight excluding hydrogens is 336 g/mol. The zero-order valence-electron chi connectivity index (χ0n) is 12.1. The molecule has 0 aliphatic heterocycles. The van der Waals surface area contributed by atoms with E-state index >= 15 is 0 Å². The maximum atomic E-state index is 11.5. The molecule has 3 rings (SSSR count). The van der Waals surface area contributed by atoms with Crippen LogP contribution in [0.25, 0.3) is 11.3 Å². The Labute approximate surface area is 137 Å². The first-order chi connectivity index (χ1) is 10.4. The fourth-order valence-corrected chi connectivity index (χ4v) is 4.10. The van der Waals surface area contributed by atoms with Crippen molar-refractivity contribution >= 4 is 32.5 Å². The van der Waals surface area contributed by atoms with E-state index in [2.05, 4.69) is 15.3 Å². The largest absolute Gasteiger partial charge is 0.246 e. The molecule has 0 atom stereocenters. The summed E-state index contributed by atoms with van der Waals surface area (Å²) < 4.78 is 22.9. The summed E-state index contributed by atoms with van der Waals surface area (Å²) in [4.78, 5) is 9.38. The number of sulfone groups is 1. The second-order valence-electron chi connectivity index (χ2n) is 4.96. The van der Waals surface area contributed by atoms with E-state index in [4.69, 9.17) is 0 Å². The van der Waals surface area contributed by atoms with Crippen molar-refractivity contribution in [2.24, 2.45) is 0 Å². The molecule has 0 N–H and O–H groups in total. The highest BCUT2D eigenvalue weighted by molar-refractivity contribution is 7.90. The summed E-state index contributed by atoms with van der Waals surface area (Å²) in [7, 11) is -3.16. The molecule has 114 valence electrons. The minimum Gasteiger partial charge on any atom is -0.246 e. The van der Waals surface area contributed by atoms with Crippen molar-refractivity contribution < 1.29 is 8.42 Å². The molecule has 4 nitrogen and oxygen atoms in total. The van der Waals surface area contributed by atoms with Crippen LogP contribution in [0, 0.1) is 6.92 Å². The Kier molecular flexibility index (Phi) is 4.12. The number of hydrogen-bond donors (Lipinski definition) is 0. The third kappa shape index (κ3) is 3.43. The highest BCUT2D eigenvalue weighted by atomic mass is 32.2. The van der Waals surface area contributed by atoms with Gasteiger partial charge in [0.15, 0.2) is 9.84 Å². The van der Waals surface area contributed by atoms with Crippen LogP contribution in [0.2, 0.25) is 0 Å². The van der Waals surface area contributed by atoms with Gasteiger partial charge in [0.1, 0.15) is 0 Å². The highest BCUT2D eigenvalue weighted by Gasteiger charge is 2.10. The van der Waals surface area contributed by atoms with E-state index in [1.165, 1.54) is 6.26 Å². The van der Waals surface area contributed by atoms with E-state index in [9.17, 15) is 8.42 Å². The molecule has 7 heteroatoms. The summed E-state index contributed by atoms with van der Waals surface area (Å²) >= 11 is 3.23. The van der Waals surface area contributed by atoms with Crippen molar-refractivity contribution in [3.8, 4) is 11.3 Å². The Bertz CT molecular complexity index is 893. The number of hydrogen-bond acceptors (Lipinski definition) is 6. The number of aromatic nitrogens is 2. The Balaban J connectivity index is 1.81. The molecule has 1 aromatic carbocycles. The SMILES string of the molecule is Cc1nc(Cc2nc(-c3ccc(S(C)(=O)=O)cc3)cs2)cs1. The van der Waals surface area contributed by atoms with Gasteiger partial charge >= 0.3 is 0 Å².